The first-order chi connectivity index (χ1) is 12.7. The first kappa shape index (κ1) is 20.7. The van der Waals surface area contributed by atoms with Gasteiger partial charge in [0.25, 0.3) is 0 Å². The van der Waals surface area contributed by atoms with Crippen molar-refractivity contribution in [3.05, 3.63) is 71.3 Å². The van der Waals surface area contributed by atoms with E-state index >= 15 is 0 Å². The molecule has 2 aliphatic rings. The van der Waals surface area contributed by atoms with Crippen molar-refractivity contribution in [3.63, 3.8) is 0 Å². The molecule has 0 fully saturated rings. The number of rotatable bonds is 4. The zero-order valence-electron chi connectivity index (χ0n) is 15.9. The number of hydrogen-bond donors (Lipinski definition) is 0. The summed E-state index contributed by atoms with van der Waals surface area (Å²) >= 11 is 3.82. The highest BCUT2D eigenvalue weighted by atomic mass is 127. The molecule has 0 bridgehead atoms. The number of likely N-dealkylation sites (N-methyl/N-ethyl adjacent to an activating group) is 1. The van der Waals surface area contributed by atoms with Gasteiger partial charge in [0.1, 0.15) is 0 Å². The second kappa shape index (κ2) is 8.97. The zero-order valence-corrected chi connectivity index (χ0v) is 19.8. The van der Waals surface area contributed by atoms with Crippen LogP contribution in [0.2, 0.25) is 0 Å². The van der Waals surface area contributed by atoms with Crippen LogP contribution in [0.3, 0.4) is 0 Å². The number of nitrogens with zero attached hydrogens (tertiary/aromatic N) is 2. The van der Waals surface area contributed by atoms with E-state index in [9.17, 15) is 0 Å². The van der Waals surface area contributed by atoms with Crippen LogP contribution in [0.5, 0.6) is 0 Å². The molecular weight excluding hydrogens is 483 g/mol. The van der Waals surface area contributed by atoms with Gasteiger partial charge >= 0.3 is 0 Å². The summed E-state index contributed by atoms with van der Waals surface area (Å²) in [7, 11) is 0. The minimum atomic E-state index is 0. The van der Waals surface area contributed by atoms with Crippen molar-refractivity contribution in [2.24, 2.45) is 0 Å². The summed E-state index contributed by atoms with van der Waals surface area (Å²) in [6, 6.07) is 17.4. The van der Waals surface area contributed by atoms with Gasteiger partial charge in [-0.25, -0.2) is 0 Å². The molecule has 27 heavy (non-hydrogen) atoms. The summed E-state index contributed by atoms with van der Waals surface area (Å²) in [5.41, 5.74) is 4.01. The van der Waals surface area contributed by atoms with Gasteiger partial charge in [0, 0.05) is 22.9 Å². The van der Waals surface area contributed by atoms with Gasteiger partial charge in [-0.15, -0.1) is 24.0 Å². The summed E-state index contributed by atoms with van der Waals surface area (Å²) in [6.45, 7) is 8.70. The Kier molecular flexibility index (Phi) is 6.87. The third-order valence-electron chi connectivity index (χ3n) is 4.78. The molecule has 1 atom stereocenters. The summed E-state index contributed by atoms with van der Waals surface area (Å²) in [6.07, 6.45) is 4.74. The standard InChI is InChI=1S/C22H24N2S2.HI/c1-4-23-17-10-6-8-12-19(17)25-21(23)14-16(3)15-22-24(5-2)18-11-7-9-13-20(18)26-22;/h6-15,21H,4-5H2,1-3H3;1H. The molecule has 0 aliphatic carbocycles. The Bertz CT molecular complexity index is 878. The number of anilines is 2. The third kappa shape index (κ3) is 4.05. The van der Waals surface area contributed by atoms with Crippen LogP contribution < -0.4 is 9.80 Å². The molecule has 2 nitrogen and oxygen atoms in total. The van der Waals surface area contributed by atoms with Crippen LogP contribution in [-0.4, -0.2) is 18.5 Å². The maximum atomic E-state index is 2.48. The molecule has 2 aliphatic heterocycles. The van der Waals surface area contributed by atoms with Gasteiger partial charge in [-0.05, 0) is 62.8 Å². The number of para-hydroxylation sites is 2. The van der Waals surface area contributed by atoms with E-state index in [1.54, 1.807) is 0 Å². The minimum Gasteiger partial charge on any atom is -0.355 e. The lowest BCUT2D eigenvalue weighted by Crippen LogP contribution is -2.27. The monoisotopic (exact) mass is 508 g/mol. The van der Waals surface area contributed by atoms with E-state index in [0.29, 0.717) is 5.37 Å². The Hall–Kier alpha value is -1.05. The number of thioether (sulfide) groups is 2. The van der Waals surface area contributed by atoms with Gasteiger partial charge in [-0.3, -0.25) is 0 Å². The van der Waals surface area contributed by atoms with Crippen molar-refractivity contribution < 1.29 is 0 Å². The second-order valence-electron chi connectivity index (χ2n) is 6.47. The number of fused-ring (bicyclic) bond motifs is 2. The first-order valence-electron chi connectivity index (χ1n) is 9.18. The lowest BCUT2D eigenvalue weighted by Gasteiger charge is -2.23. The molecule has 0 aromatic heterocycles. The van der Waals surface area contributed by atoms with Gasteiger partial charge in [0.2, 0.25) is 0 Å². The molecule has 1 unspecified atom stereocenters. The molecule has 0 amide bonds. The average molecular weight is 508 g/mol. The molecule has 2 heterocycles. The predicted octanol–water partition coefficient (Wildman–Crippen LogP) is 6.98. The molecule has 0 saturated heterocycles. The Morgan fingerprint density at radius 3 is 2.33 bits per heavy atom. The highest BCUT2D eigenvalue weighted by Crippen LogP contribution is 2.47. The van der Waals surface area contributed by atoms with Gasteiger partial charge in [0.15, 0.2) is 0 Å². The topological polar surface area (TPSA) is 6.48 Å². The summed E-state index contributed by atoms with van der Waals surface area (Å²) in [5, 5.41) is 1.70. The maximum Gasteiger partial charge on any atom is 0.0988 e. The summed E-state index contributed by atoms with van der Waals surface area (Å²) in [5.74, 6) is 0. The number of allylic oxidation sites excluding steroid dienone is 2. The second-order valence-corrected chi connectivity index (χ2v) is 8.69. The van der Waals surface area contributed by atoms with Crippen molar-refractivity contribution in [3.8, 4) is 0 Å². The zero-order chi connectivity index (χ0) is 18.1. The Labute approximate surface area is 188 Å². The highest BCUT2D eigenvalue weighted by molar-refractivity contribution is 14.0. The molecule has 2 aromatic carbocycles. The fraction of sp³-hybridized carbons (Fsp3) is 0.273. The van der Waals surface area contributed by atoms with Crippen molar-refractivity contribution in [2.45, 2.75) is 35.9 Å². The molecule has 142 valence electrons. The fourth-order valence-corrected chi connectivity index (χ4v) is 6.19. The summed E-state index contributed by atoms with van der Waals surface area (Å²) in [4.78, 5) is 7.63. The smallest absolute Gasteiger partial charge is 0.0988 e. The fourth-order valence-electron chi connectivity index (χ4n) is 3.55. The molecule has 5 heteroatoms. The van der Waals surface area contributed by atoms with Gasteiger partial charge in [0.05, 0.1) is 21.8 Å². The van der Waals surface area contributed by atoms with Gasteiger partial charge in [-0.2, -0.15) is 0 Å². The largest absolute Gasteiger partial charge is 0.355 e. The van der Waals surface area contributed by atoms with E-state index in [1.165, 1.54) is 31.8 Å². The molecule has 0 saturated carbocycles. The number of hydrogen-bond acceptors (Lipinski definition) is 4. The summed E-state index contributed by atoms with van der Waals surface area (Å²) < 4.78 is 0. The molecule has 0 radical (unpaired) electrons. The number of halogens is 1. The lowest BCUT2D eigenvalue weighted by molar-refractivity contribution is 0.874. The van der Waals surface area contributed by atoms with Gasteiger partial charge < -0.3 is 9.80 Å². The van der Waals surface area contributed by atoms with Crippen molar-refractivity contribution in [1.29, 1.82) is 0 Å². The molecule has 0 N–H and O–H groups in total. The Morgan fingerprint density at radius 2 is 1.63 bits per heavy atom. The normalized spacial score (nSPS) is 19.9. The average Bonchev–Trinajstić information content (AvgIpc) is 3.17. The van der Waals surface area contributed by atoms with Crippen LogP contribution in [0.4, 0.5) is 11.4 Å². The highest BCUT2D eigenvalue weighted by Gasteiger charge is 2.27. The minimum absolute atomic E-state index is 0. The molecule has 2 aromatic rings. The van der Waals surface area contributed by atoms with Crippen molar-refractivity contribution in [1.82, 2.24) is 0 Å². The molecular formula is C22H25IN2S2. The Morgan fingerprint density at radius 1 is 0.963 bits per heavy atom. The lowest BCUT2D eigenvalue weighted by atomic mass is 10.2. The molecule has 4 rings (SSSR count). The van der Waals surface area contributed by atoms with Crippen LogP contribution in [0, 0.1) is 0 Å². The maximum absolute atomic E-state index is 2.48. The quantitative estimate of drug-likeness (QED) is 0.411. The van der Waals surface area contributed by atoms with E-state index in [-0.39, 0.29) is 24.0 Å². The van der Waals surface area contributed by atoms with Gasteiger partial charge in [-0.1, -0.05) is 47.8 Å². The Balaban J connectivity index is 0.00000210. The van der Waals surface area contributed by atoms with Crippen LogP contribution in [-0.2, 0) is 0 Å². The van der Waals surface area contributed by atoms with E-state index in [2.05, 4.69) is 91.3 Å². The predicted molar refractivity (Wildman–Crippen MR) is 132 cm³/mol. The first-order valence-corrected chi connectivity index (χ1v) is 10.9. The van der Waals surface area contributed by atoms with E-state index < -0.39 is 0 Å². The third-order valence-corrected chi connectivity index (χ3v) is 7.12. The van der Waals surface area contributed by atoms with Crippen LogP contribution in [0.15, 0.2) is 81.1 Å². The number of benzene rings is 2. The van der Waals surface area contributed by atoms with Crippen molar-refractivity contribution >= 4 is 58.9 Å². The van der Waals surface area contributed by atoms with E-state index in [4.69, 9.17) is 0 Å². The molecule has 0 spiro atoms. The SMILES string of the molecule is CCN1C(=CC(C)=CC2Sc3ccccc3N2CC)Sc2ccccc21.I. The van der Waals surface area contributed by atoms with Crippen LogP contribution in [0.1, 0.15) is 20.8 Å². The van der Waals surface area contributed by atoms with Crippen LogP contribution in [0.25, 0.3) is 0 Å². The van der Waals surface area contributed by atoms with Crippen molar-refractivity contribution in [2.75, 3.05) is 22.9 Å². The van der Waals surface area contributed by atoms with E-state index in [1.807, 2.05) is 23.5 Å². The van der Waals surface area contributed by atoms with E-state index in [0.717, 1.165) is 13.1 Å². The van der Waals surface area contributed by atoms with Crippen LogP contribution >= 0.6 is 47.5 Å².